The van der Waals surface area contributed by atoms with E-state index in [0.717, 1.165) is 43.1 Å². The molecule has 1 aromatic carbocycles. The van der Waals surface area contributed by atoms with Crippen molar-refractivity contribution in [2.75, 3.05) is 13.2 Å². The molecule has 0 unspecified atom stereocenters. The molecule has 1 atom stereocenters. The fourth-order valence-corrected chi connectivity index (χ4v) is 3.04. The van der Waals surface area contributed by atoms with Gasteiger partial charge in [0.05, 0.1) is 12.3 Å². The zero-order valence-corrected chi connectivity index (χ0v) is 13.2. The fourth-order valence-electron chi connectivity index (χ4n) is 2.80. The van der Waals surface area contributed by atoms with Crippen molar-refractivity contribution in [3.05, 3.63) is 46.2 Å². The van der Waals surface area contributed by atoms with Gasteiger partial charge in [-0.05, 0) is 25.0 Å². The van der Waals surface area contributed by atoms with Crippen LogP contribution in [0.5, 0.6) is 5.75 Å². The first-order valence-electron chi connectivity index (χ1n) is 7.24. The number of hydrogen-bond acceptors (Lipinski definition) is 3. The van der Waals surface area contributed by atoms with Gasteiger partial charge in [-0.3, -0.25) is 4.68 Å². The normalized spacial score (nSPS) is 17.4. The third-order valence-corrected chi connectivity index (χ3v) is 4.43. The molecule has 0 amide bonds. The van der Waals surface area contributed by atoms with E-state index in [4.69, 9.17) is 16.3 Å². The Kier molecular flexibility index (Phi) is 4.17. The Bertz CT molecular complexity index is 638. The monoisotopic (exact) mass is 305 g/mol. The average molecular weight is 306 g/mol. The van der Waals surface area contributed by atoms with Crippen molar-refractivity contribution in [3.63, 3.8) is 0 Å². The minimum Gasteiger partial charge on any atom is -0.493 e. The topological polar surface area (TPSA) is 39.1 Å². The molecule has 0 radical (unpaired) electrons. The number of fused-ring (bicyclic) bond motifs is 1. The van der Waals surface area contributed by atoms with Crippen molar-refractivity contribution < 1.29 is 4.74 Å². The zero-order valence-electron chi connectivity index (χ0n) is 12.4. The summed E-state index contributed by atoms with van der Waals surface area (Å²) in [5, 5.41) is 8.52. The summed E-state index contributed by atoms with van der Waals surface area (Å²) in [6, 6.07) is 8.27. The Morgan fingerprint density at radius 2 is 2.24 bits per heavy atom. The molecule has 1 aliphatic rings. The summed E-state index contributed by atoms with van der Waals surface area (Å²) >= 11 is 6.24. The van der Waals surface area contributed by atoms with E-state index in [-0.39, 0.29) is 0 Å². The van der Waals surface area contributed by atoms with Crippen molar-refractivity contribution in [1.82, 2.24) is 15.1 Å². The van der Waals surface area contributed by atoms with Crippen LogP contribution in [0.1, 0.15) is 16.8 Å². The van der Waals surface area contributed by atoms with E-state index in [2.05, 4.69) is 22.5 Å². The molecule has 5 heteroatoms. The van der Waals surface area contributed by atoms with Crippen LogP contribution in [-0.4, -0.2) is 22.9 Å². The van der Waals surface area contributed by atoms with Crippen LogP contribution in [0, 0.1) is 12.8 Å². The maximum absolute atomic E-state index is 6.24. The first-order valence-corrected chi connectivity index (χ1v) is 7.62. The van der Waals surface area contributed by atoms with Gasteiger partial charge in [-0.25, -0.2) is 0 Å². The summed E-state index contributed by atoms with van der Waals surface area (Å²) in [6.45, 7) is 4.42. The zero-order chi connectivity index (χ0) is 14.8. The number of benzene rings is 1. The van der Waals surface area contributed by atoms with Gasteiger partial charge in [-0.2, -0.15) is 5.10 Å². The molecule has 0 bridgehead atoms. The summed E-state index contributed by atoms with van der Waals surface area (Å²) in [7, 11) is 1.87. The molecule has 1 aromatic heterocycles. The molecule has 0 spiro atoms. The van der Waals surface area contributed by atoms with Crippen LogP contribution in [0.25, 0.3) is 0 Å². The highest BCUT2D eigenvalue weighted by molar-refractivity contribution is 6.30. The number of ether oxygens (including phenoxy) is 1. The van der Waals surface area contributed by atoms with Crippen molar-refractivity contribution in [2.45, 2.75) is 19.9 Å². The second kappa shape index (κ2) is 6.08. The fraction of sp³-hybridized carbons (Fsp3) is 0.438. The number of rotatable bonds is 4. The molecule has 1 N–H and O–H groups in total. The van der Waals surface area contributed by atoms with Gasteiger partial charge in [0, 0.05) is 31.6 Å². The van der Waals surface area contributed by atoms with Crippen LogP contribution in [-0.2, 0) is 20.0 Å². The lowest BCUT2D eigenvalue weighted by molar-refractivity contribution is 0.218. The number of nitrogens with zero attached hydrogens (tertiary/aromatic N) is 2. The van der Waals surface area contributed by atoms with Gasteiger partial charge < -0.3 is 10.1 Å². The number of halogens is 1. The predicted molar refractivity (Wildman–Crippen MR) is 83.8 cm³/mol. The SMILES string of the molecule is Cc1nn(C)c(Cl)c1CNC[C@@H]1COc2ccccc2C1. The first kappa shape index (κ1) is 14.4. The van der Waals surface area contributed by atoms with Gasteiger partial charge in [0.1, 0.15) is 10.9 Å². The van der Waals surface area contributed by atoms with Crippen molar-refractivity contribution >= 4 is 11.6 Å². The number of para-hydroxylation sites is 1. The molecule has 0 saturated carbocycles. The number of hydrogen-bond donors (Lipinski definition) is 1. The van der Waals surface area contributed by atoms with Crippen LogP contribution in [0.15, 0.2) is 24.3 Å². The first-order chi connectivity index (χ1) is 10.1. The number of nitrogens with one attached hydrogen (secondary N) is 1. The van der Waals surface area contributed by atoms with Crippen molar-refractivity contribution in [3.8, 4) is 5.75 Å². The third kappa shape index (κ3) is 3.06. The van der Waals surface area contributed by atoms with E-state index in [1.54, 1.807) is 4.68 Å². The molecule has 21 heavy (non-hydrogen) atoms. The molecule has 3 rings (SSSR count). The van der Waals surface area contributed by atoms with E-state index < -0.39 is 0 Å². The van der Waals surface area contributed by atoms with Gasteiger partial charge >= 0.3 is 0 Å². The van der Waals surface area contributed by atoms with E-state index in [1.165, 1.54) is 5.56 Å². The van der Waals surface area contributed by atoms with Gasteiger partial charge in [-0.1, -0.05) is 29.8 Å². The molecule has 0 fully saturated rings. The summed E-state index contributed by atoms with van der Waals surface area (Å²) in [5.41, 5.74) is 3.36. The summed E-state index contributed by atoms with van der Waals surface area (Å²) in [4.78, 5) is 0. The molecule has 112 valence electrons. The molecule has 2 aromatic rings. The Hall–Kier alpha value is -1.52. The molecule has 4 nitrogen and oxygen atoms in total. The van der Waals surface area contributed by atoms with Gasteiger partial charge in [0.25, 0.3) is 0 Å². The molecular formula is C16H20ClN3O. The summed E-state index contributed by atoms with van der Waals surface area (Å²) < 4.78 is 7.52. The van der Waals surface area contributed by atoms with Crippen LogP contribution < -0.4 is 10.1 Å². The Morgan fingerprint density at radius 1 is 1.43 bits per heavy atom. The highest BCUT2D eigenvalue weighted by Crippen LogP contribution is 2.26. The summed E-state index contributed by atoms with van der Waals surface area (Å²) in [6.07, 6.45) is 1.06. The largest absolute Gasteiger partial charge is 0.493 e. The smallest absolute Gasteiger partial charge is 0.131 e. The highest BCUT2D eigenvalue weighted by Gasteiger charge is 2.19. The quantitative estimate of drug-likeness (QED) is 0.944. The average Bonchev–Trinajstić information content (AvgIpc) is 2.73. The summed E-state index contributed by atoms with van der Waals surface area (Å²) in [5.74, 6) is 1.52. The number of aromatic nitrogens is 2. The third-order valence-electron chi connectivity index (χ3n) is 3.96. The molecular weight excluding hydrogens is 286 g/mol. The van der Waals surface area contributed by atoms with Crippen LogP contribution in [0.4, 0.5) is 0 Å². The second-order valence-corrected chi connectivity index (χ2v) is 5.96. The maximum atomic E-state index is 6.24. The van der Waals surface area contributed by atoms with Crippen molar-refractivity contribution in [1.29, 1.82) is 0 Å². The number of aryl methyl sites for hydroxylation is 2. The highest BCUT2D eigenvalue weighted by atomic mass is 35.5. The van der Waals surface area contributed by atoms with E-state index in [0.29, 0.717) is 11.1 Å². The van der Waals surface area contributed by atoms with Crippen LogP contribution in [0.3, 0.4) is 0 Å². The maximum Gasteiger partial charge on any atom is 0.131 e. The Labute approximate surface area is 130 Å². The van der Waals surface area contributed by atoms with E-state index in [1.807, 2.05) is 26.1 Å². The predicted octanol–water partition coefficient (Wildman–Crippen LogP) is 2.72. The molecule has 0 aliphatic carbocycles. The Morgan fingerprint density at radius 3 is 3.00 bits per heavy atom. The minimum atomic E-state index is 0.496. The molecule has 1 aliphatic heterocycles. The van der Waals surface area contributed by atoms with Crippen LogP contribution >= 0.6 is 11.6 Å². The van der Waals surface area contributed by atoms with E-state index in [9.17, 15) is 0 Å². The lowest BCUT2D eigenvalue weighted by Crippen LogP contribution is -2.31. The van der Waals surface area contributed by atoms with Gasteiger partial charge in [0.15, 0.2) is 0 Å². The van der Waals surface area contributed by atoms with Crippen molar-refractivity contribution in [2.24, 2.45) is 13.0 Å². The lowest BCUT2D eigenvalue weighted by Gasteiger charge is -2.25. The van der Waals surface area contributed by atoms with E-state index >= 15 is 0 Å². The molecule has 0 saturated heterocycles. The Balaban J connectivity index is 1.55. The molecule has 2 heterocycles. The van der Waals surface area contributed by atoms with Gasteiger partial charge in [-0.15, -0.1) is 0 Å². The standard InChI is InChI=1S/C16H20ClN3O/c1-11-14(16(17)20(2)19-11)9-18-8-12-7-13-5-3-4-6-15(13)21-10-12/h3-6,12,18H,7-10H2,1-2H3/t12-/m1/s1. The van der Waals surface area contributed by atoms with Gasteiger partial charge in [0.2, 0.25) is 0 Å². The lowest BCUT2D eigenvalue weighted by atomic mass is 9.97. The second-order valence-electron chi connectivity index (χ2n) is 5.60. The minimum absolute atomic E-state index is 0.496. The van der Waals surface area contributed by atoms with Crippen LogP contribution in [0.2, 0.25) is 5.15 Å².